The average Bonchev–Trinajstić information content (AvgIpc) is 2.83. The molecule has 2 saturated heterocycles. The Kier molecular flexibility index (Phi) is 4.07. The lowest BCUT2D eigenvalue weighted by atomic mass is 10.00. The van der Waals surface area contributed by atoms with Gasteiger partial charge in [0.05, 0.1) is 0 Å². The van der Waals surface area contributed by atoms with Crippen LogP contribution in [0.5, 0.6) is 0 Å². The third-order valence-corrected chi connectivity index (χ3v) is 5.86. The minimum atomic E-state index is -3.27. The molecule has 2 fully saturated rings. The van der Waals surface area contributed by atoms with Gasteiger partial charge in [0.25, 0.3) is 10.2 Å². The van der Waals surface area contributed by atoms with Crippen molar-refractivity contribution in [2.75, 3.05) is 19.6 Å². The van der Waals surface area contributed by atoms with Crippen LogP contribution >= 0.6 is 0 Å². The highest BCUT2D eigenvalue weighted by Gasteiger charge is 2.38. The zero-order valence-corrected chi connectivity index (χ0v) is 11.3. The third-order valence-electron chi connectivity index (χ3n) is 3.79. The summed E-state index contributed by atoms with van der Waals surface area (Å²) in [4.78, 5) is 0. The van der Waals surface area contributed by atoms with E-state index in [-0.39, 0.29) is 12.1 Å². The van der Waals surface area contributed by atoms with E-state index in [1.54, 1.807) is 8.61 Å². The number of nitrogens with zero attached hydrogens (tertiary/aromatic N) is 2. The summed E-state index contributed by atoms with van der Waals surface area (Å²) >= 11 is 0. The molecule has 0 aromatic carbocycles. The Balaban J connectivity index is 2.17. The highest BCUT2D eigenvalue weighted by molar-refractivity contribution is 7.86. The number of nitrogens with two attached hydrogens (primary N) is 1. The fourth-order valence-electron chi connectivity index (χ4n) is 2.81. The third kappa shape index (κ3) is 2.65. The average molecular weight is 261 g/mol. The fourth-order valence-corrected chi connectivity index (χ4v) is 4.83. The monoisotopic (exact) mass is 261 g/mol. The molecule has 2 aliphatic rings. The summed E-state index contributed by atoms with van der Waals surface area (Å²) in [6.07, 6.45) is 4.89. The van der Waals surface area contributed by atoms with Gasteiger partial charge >= 0.3 is 0 Å². The summed E-state index contributed by atoms with van der Waals surface area (Å²) in [6.45, 7) is 3.88. The van der Waals surface area contributed by atoms with Gasteiger partial charge in [-0.05, 0) is 32.6 Å². The van der Waals surface area contributed by atoms with E-state index >= 15 is 0 Å². The molecule has 17 heavy (non-hydrogen) atoms. The molecule has 2 aliphatic heterocycles. The van der Waals surface area contributed by atoms with Crippen LogP contribution in [0.3, 0.4) is 0 Å². The van der Waals surface area contributed by atoms with Gasteiger partial charge in [-0.25, -0.2) is 0 Å². The van der Waals surface area contributed by atoms with Crippen molar-refractivity contribution in [3.05, 3.63) is 0 Å². The zero-order valence-electron chi connectivity index (χ0n) is 10.5. The lowest BCUT2D eigenvalue weighted by molar-refractivity contribution is 0.214. The lowest BCUT2D eigenvalue weighted by Crippen LogP contribution is -2.55. The maximum absolute atomic E-state index is 12.5. The second kappa shape index (κ2) is 5.22. The molecular weight excluding hydrogens is 238 g/mol. The molecule has 0 radical (unpaired) electrons. The van der Waals surface area contributed by atoms with Crippen molar-refractivity contribution in [2.24, 2.45) is 5.73 Å². The molecule has 100 valence electrons. The smallest absolute Gasteiger partial charge is 0.282 e. The summed E-state index contributed by atoms with van der Waals surface area (Å²) in [7, 11) is -3.27. The summed E-state index contributed by atoms with van der Waals surface area (Å²) in [5.74, 6) is 0. The van der Waals surface area contributed by atoms with Gasteiger partial charge in [0.15, 0.2) is 0 Å². The van der Waals surface area contributed by atoms with Gasteiger partial charge in [0.1, 0.15) is 0 Å². The quantitative estimate of drug-likeness (QED) is 0.806. The number of hydrogen-bond donors (Lipinski definition) is 1. The van der Waals surface area contributed by atoms with Crippen LogP contribution in [-0.4, -0.2) is 48.7 Å². The molecule has 0 saturated carbocycles. The number of rotatable bonds is 3. The van der Waals surface area contributed by atoms with Crippen LogP contribution in [0.15, 0.2) is 0 Å². The Morgan fingerprint density at radius 3 is 2.29 bits per heavy atom. The molecule has 2 N–H and O–H groups in total. The van der Waals surface area contributed by atoms with E-state index in [1.165, 1.54) is 0 Å². The SMILES string of the molecule is CC(N)C1CCCCN1S(=O)(=O)N1CCCC1. The summed E-state index contributed by atoms with van der Waals surface area (Å²) < 4.78 is 28.3. The van der Waals surface area contributed by atoms with Gasteiger partial charge in [-0.3, -0.25) is 0 Å². The Morgan fingerprint density at radius 1 is 1.12 bits per heavy atom. The summed E-state index contributed by atoms with van der Waals surface area (Å²) in [5, 5.41) is 0. The fraction of sp³-hybridized carbons (Fsp3) is 1.00. The topological polar surface area (TPSA) is 66.6 Å². The molecule has 6 heteroatoms. The molecule has 0 aromatic heterocycles. The maximum Gasteiger partial charge on any atom is 0.282 e. The first kappa shape index (κ1) is 13.3. The molecular formula is C11H23N3O2S. The van der Waals surface area contributed by atoms with Gasteiger partial charge in [0.2, 0.25) is 0 Å². The Morgan fingerprint density at radius 2 is 1.71 bits per heavy atom. The van der Waals surface area contributed by atoms with E-state index in [1.807, 2.05) is 6.92 Å². The van der Waals surface area contributed by atoms with Crippen LogP contribution in [-0.2, 0) is 10.2 Å². The number of piperidine rings is 1. The van der Waals surface area contributed by atoms with E-state index in [0.29, 0.717) is 19.6 Å². The van der Waals surface area contributed by atoms with Gasteiger partial charge < -0.3 is 5.73 Å². The van der Waals surface area contributed by atoms with Crippen molar-refractivity contribution in [2.45, 2.75) is 51.1 Å². The second-order valence-electron chi connectivity index (χ2n) is 5.15. The highest BCUT2D eigenvalue weighted by atomic mass is 32.2. The van der Waals surface area contributed by atoms with Crippen LogP contribution in [0.4, 0.5) is 0 Å². The molecule has 0 aromatic rings. The van der Waals surface area contributed by atoms with Crippen molar-refractivity contribution in [3.8, 4) is 0 Å². The molecule has 0 amide bonds. The van der Waals surface area contributed by atoms with Crippen molar-refractivity contribution in [1.29, 1.82) is 0 Å². The Labute approximate surface area is 104 Å². The van der Waals surface area contributed by atoms with Gasteiger partial charge in [-0.1, -0.05) is 6.42 Å². The highest BCUT2D eigenvalue weighted by Crippen LogP contribution is 2.26. The van der Waals surface area contributed by atoms with E-state index in [0.717, 1.165) is 32.1 Å². The lowest BCUT2D eigenvalue weighted by Gasteiger charge is -2.38. The Bertz CT molecular complexity index is 350. The molecule has 0 bridgehead atoms. The van der Waals surface area contributed by atoms with Crippen LogP contribution in [0.2, 0.25) is 0 Å². The molecule has 0 aliphatic carbocycles. The maximum atomic E-state index is 12.5. The first-order chi connectivity index (χ1) is 8.03. The first-order valence-electron chi connectivity index (χ1n) is 6.56. The van der Waals surface area contributed by atoms with E-state index in [4.69, 9.17) is 5.73 Å². The molecule has 0 spiro atoms. The molecule has 2 unspecified atom stereocenters. The minimum absolute atomic E-state index is 0.0191. The van der Waals surface area contributed by atoms with Gasteiger partial charge in [0, 0.05) is 31.7 Å². The van der Waals surface area contributed by atoms with Crippen molar-refractivity contribution in [1.82, 2.24) is 8.61 Å². The second-order valence-corrected chi connectivity index (χ2v) is 7.03. The van der Waals surface area contributed by atoms with Crippen LogP contribution < -0.4 is 5.73 Å². The summed E-state index contributed by atoms with van der Waals surface area (Å²) in [5.41, 5.74) is 5.93. The predicted molar refractivity (Wildman–Crippen MR) is 67.7 cm³/mol. The molecule has 2 heterocycles. The van der Waals surface area contributed by atoms with E-state index in [2.05, 4.69) is 0 Å². The van der Waals surface area contributed by atoms with Crippen molar-refractivity contribution >= 4 is 10.2 Å². The molecule has 5 nitrogen and oxygen atoms in total. The summed E-state index contributed by atoms with van der Waals surface area (Å²) in [6, 6.07) is -0.109. The molecule has 2 rings (SSSR count). The van der Waals surface area contributed by atoms with Crippen LogP contribution in [0.1, 0.15) is 39.0 Å². The van der Waals surface area contributed by atoms with Gasteiger partial charge in [-0.2, -0.15) is 17.0 Å². The van der Waals surface area contributed by atoms with E-state index in [9.17, 15) is 8.42 Å². The Hall–Kier alpha value is -0.170. The van der Waals surface area contributed by atoms with Crippen molar-refractivity contribution in [3.63, 3.8) is 0 Å². The predicted octanol–water partition coefficient (Wildman–Crippen LogP) is 0.529. The van der Waals surface area contributed by atoms with E-state index < -0.39 is 10.2 Å². The minimum Gasteiger partial charge on any atom is -0.326 e. The van der Waals surface area contributed by atoms with Crippen LogP contribution in [0.25, 0.3) is 0 Å². The normalized spacial score (nSPS) is 30.6. The molecule has 2 atom stereocenters. The van der Waals surface area contributed by atoms with Crippen molar-refractivity contribution < 1.29 is 8.42 Å². The largest absolute Gasteiger partial charge is 0.326 e. The number of hydrogen-bond acceptors (Lipinski definition) is 3. The first-order valence-corrected chi connectivity index (χ1v) is 7.95. The standard InChI is InChI=1S/C11H23N3O2S/c1-10(12)11-6-2-3-9-14(11)17(15,16)13-7-4-5-8-13/h10-11H,2-9,12H2,1H3. The van der Waals surface area contributed by atoms with Gasteiger partial charge in [-0.15, -0.1) is 0 Å². The van der Waals surface area contributed by atoms with Crippen LogP contribution in [0, 0.1) is 0 Å². The zero-order chi connectivity index (χ0) is 12.5.